The fraction of sp³-hybridized carbons (Fsp3) is 0.611. The lowest BCUT2D eigenvalue weighted by atomic mass is 9.76. The minimum Gasteiger partial charge on any atom is -0.340 e. The predicted octanol–water partition coefficient (Wildman–Crippen LogP) is 1.81. The monoisotopic (exact) mass is 410 g/mol. The van der Waals surface area contributed by atoms with E-state index in [0.717, 1.165) is 37.1 Å². The first-order chi connectivity index (χ1) is 12.9. The van der Waals surface area contributed by atoms with Gasteiger partial charge in [-0.3, -0.25) is 19.8 Å². The Morgan fingerprint density at radius 1 is 1.19 bits per heavy atom. The first-order valence-electron chi connectivity index (χ1n) is 9.34. The Kier molecular flexibility index (Phi) is 5.13. The number of amides is 4. The molecule has 9 heteroatoms. The first-order valence-corrected chi connectivity index (χ1v) is 10.5. The summed E-state index contributed by atoms with van der Waals surface area (Å²) in [4.78, 5) is 41.9. The second-order valence-corrected chi connectivity index (χ2v) is 9.37. The molecule has 0 radical (unpaired) electrons. The number of imide groups is 1. The van der Waals surface area contributed by atoms with Crippen molar-refractivity contribution < 1.29 is 14.4 Å². The van der Waals surface area contributed by atoms with Crippen molar-refractivity contribution in [1.29, 1.82) is 0 Å². The Labute approximate surface area is 167 Å². The summed E-state index contributed by atoms with van der Waals surface area (Å²) < 4.78 is 0.806. The molecule has 4 rings (SSSR count). The normalized spacial score (nSPS) is 29.1. The van der Waals surface area contributed by atoms with Crippen LogP contribution < -0.4 is 10.6 Å². The molecule has 0 aromatic carbocycles. The van der Waals surface area contributed by atoms with Crippen molar-refractivity contribution in [2.75, 3.05) is 26.2 Å². The van der Waals surface area contributed by atoms with Gasteiger partial charge in [-0.25, -0.2) is 4.79 Å². The zero-order valence-electron chi connectivity index (χ0n) is 15.0. The van der Waals surface area contributed by atoms with Crippen LogP contribution in [0.15, 0.2) is 12.1 Å². The van der Waals surface area contributed by atoms with Gasteiger partial charge in [-0.2, -0.15) is 0 Å². The summed E-state index contributed by atoms with van der Waals surface area (Å²) in [7, 11) is 0. The second kappa shape index (κ2) is 7.41. The van der Waals surface area contributed by atoms with Crippen molar-refractivity contribution in [2.45, 2.75) is 37.8 Å². The van der Waals surface area contributed by atoms with E-state index < -0.39 is 11.6 Å². The Morgan fingerprint density at radius 2 is 1.89 bits per heavy atom. The molecule has 7 nitrogen and oxygen atoms in total. The number of nitrogens with one attached hydrogen (secondary N) is 2. The van der Waals surface area contributed by atoms with Crippen LogP contribution in [0.5, 0.6) is 0 Å². The van der Waals surface area contributed by atoms with E-state index in [-0.39, 0.29) is 17.7 Å². The highest BCUT2D eigenvalue weighted by atomic mass is 35.5. The third kappa shape index (κ3) is 3.83. The molecule has 1 aliphatic carbocycles. The van der Waals surface area contributed by atoms with Crippen LogP contribution in [-0.2, 0) is 16.1 Å². The summed E-state index contributed by atoms with van der Waals surface area (Å²) in [5, 5.41) is 5.06. The van der Waals surface area contributed by atoms with Crippen LogP contribution in [0.4, 0.5) is 4.79 Å². The highest BCUT2D eigenvalue weighted by Gasteiger charge is 2.49. The van der Waals surface area contributed by atoms with Gasteiger partial charge in [-0.15, -0.1) is 11.3 Å². The molecular formula is C18H23ClN4O3S. The maximum Gasteiger partial charge on any atom is 0.322 e. The summed E-state index contributed by atoms with van der Waals surface area (Å²) in [5.74, 6) is -0.113. The Bertz CT molecular complexity index is 752. The third-order valence-corrected chi connectivity index (χ3v) is 7.11. The fourth-order valence-corrected chi connectivity index (χ4v) is 5.41. The molecule has 1 spiro atoms. The Morgan fingerprint density at radius 3 is 2.44 bits per heavy atom. The molecule has 3 aliphatic rings. The smallest absolute Gasteiger partial charge is 0.322 e. The van der Waals surface area contributed by atoms with Crippen LogP contribution in [0.25, 0.3) is 0 Å². The fourth-order valence-electron chi connectivity index (χ4n) is 4.28. The number of hydrogen-bond donors (Lipinski definition) is 2. The molecule has 1 aromatic rings. The lowest BCUT2D eigenvalue weighted by molar-refractivity contribution is -0.140. The largest absolute Gasteiger partial charge is 0.340 e. The molecule has 4 amide bonds. The minimum absolute atomic E-state index is 0.0522. The standard InChI is InChI=1S/C18H23ClN4O3S/c19-14-2-1-13(27-14)11-22-7-9-23(10-8-22)15(24)12-3-5-18(6-4-12)16(25)20-17(26)21-18/h1-2,12H,3-11H2,(H2,20,21,25,26). The summed E-state index contributed by atoms with van der Waals surface area (Å²) in [6.45, 7) is 4.06. The highest BCUT2D eigenvalue weighted by Crippen LogP contribution is 2.35. The van der Waals surface area contributed by atoms with Gasteiger partial charge in [0.2, 0.25) is 5.91 Å². The summed E-state index contributed by atoms with van der Waals surface area (Å²) >= 11 is 7.59. The van der Waals surface area contributed by atoms with Crippen LogP contribution in [0, 0.1) is 5.92 Å². The predicted molar refractivity (Wildman–Crippen MR) is 103 cm³/mol. The maximum absolute atomic E-state index is 12.9. The first kappa shape index (κ1) is 18.7. The third-order valence-electron chi connectivity index (χ3n) is 5.90. The van der Waals surface area contributed by atoms with Gasteiger partial charge in [0.15, 0.2) is 0 Å². The molecule has 1 aromatic heterocycles. The molecule has 0 bridgehead atoms. The summed E-state index contributed by atoms with van der Waals surface area (Å²) in [5.41, 5.74) is -0.797. The van der Waals surface area contributed by atoms with Crippen LogP contribution in [-0.4, -0.2) is 59.4 Å². The molecule has 3 heterocycles. The van der Waals surface area contributed by atoms with E-state index in [1.54, 1.807) is 11.3 Å². The van der Waals surface area contributed by atoms with E-state index in [0.29, 0.717) is 25.7 Å². The topological polar surface area (TPSA) is 81.8 Å². The molecule has 1 saturated carbocycles. The number of halogens is 1. The van der Waals surface area contributed by atoms with E-state index in [9.17, 15) is 14.4 Å². The SMILES string of the molecule is O=C1NC(=O)C2(CCC(C(=O)N3CCN(Cc4ccc(Cl)s4)CC3)CC2)N1. The van der Waals surface area contributed by atoms with Crippen LogP contribution in [0.2, 0.25) is 4.34 Å². The highest BCUT2D eigenvalue weighted by molar-refractivity contribution is 7.16. The van der Waals surface area contributed by atoms with Crippen molar-refractivity contribution in [1.82, 2.24) is 20.4 Å². The molecule has 146 valence electrons. The molecule has 3 fully saturated rings. The molecule has 27 heavy (non-hydrogen) atoms. The van der Waals surface area contributed by atoms with Gasteiger partial charge in [-0.05, 0) is 37.8 Å². The molecule has 2 N–H and O–H groups in total. The summed E-state index contributed by atoms with van der Waals surface area (Å²) in [6.07, 6.45) is 2.33. The van der Waals surface area contributed by atoms with Gasteiger partial charge in [0.1, 0.15) is 5.54 Å². The molecule has 2 saturated heterocycles. The van der Waals surface area contributed by atoms with Crippen LogP contribution >= 0.6 is 22.9 Å². The van der Waals surface area contributed by atoms with Gasteiger partial charge in [0.25, 0.3) is 5.91 Å². The molecule has 2 aliphatic heterocycles. The van der Waals surface area contributed by atoms with E-state index in [2.05, 4.69) is 21.6 Å². The minimum atomic E-state index is -0.797. The zero-order chi connectivity index (χ0) is 19.0. The molecule has 0 atom stereocenters. The van der Waals surface area contributed by atoms with Gasteiger partial charge in [0, 0.05) is 43.5 Å². The molecule has 0 unspecified atom stereocenters. The van der Waals surface area contributed by atoms with E-state index in [1.807, 2.05) is 11.0 Å². The number of urea groups is 1. The second-order valence-electron chi connectivity index (χ2n) is 7.57. The zero-order valence-corrected chi connectivity index (χ0v) is 16.6. The number of rotatable bonds is 3. The number of nitrogens with zero attached hydrogens (tertiary/aromatic N) is 2. The average molecular weight is 411 g/mol. The van der Waals surface area contributed by atoms with Gasteiger partial charge >= 0.3 is 6.03 Å². The van der Waals surface area contributed by atoms with Crippen molar-refractivity contribution >= 4 is 40.8 Å². The number of carbonyl (C=O) groups excluding carboxylic acids is 3. The lowest BCUT2D eigenvalue weighted by Crippen LogP contribution is -2.53. The van der Waals surface area contributed by atoms with E-state index >= 15 is 0 Å². The molecular weight excluding hydrogens is 388 g/mol. The average Bonchev–Trinajstić information content (AvgIpc) is 3.18. The van der Waals surface area contributed by atoms with E-state index in [4.69, 9.17) is 11.6 Å². The van der Waals surface area contributed by atoms with Crippen molar-refractivity contribution in [3.63, 3.8) is 0 Å². The number of carbonyl (C=O) groups is 3. The van der Waals surface area contributed by atoms with Crippen molar-refractivity contribution in [3.8, 4) is 0 Å². The quantitative estimate of drug-likeness (QED) is 0.744. The van der Waals surface area contributed by atoms with Crippen molar-refractivity contribution in [3.05, 3.63) is 21.3 Å². The summed E-state index contributed by atoms with van der Waals surface area (Å²) in [6, 6.07) is 3.55. The maximum atomic E-state index is 12.9. The number of hydrogen-bond acceptors (Lipinski definition) is 5. The van der Waals surface area contributed by atoms with Gasteiger partial charge in [-0.1, -0.05) is 11.6 Å². The Balaban J connectivity index is 1.26. The number of thiophene rings is 1. The Hall–Kier alpha value is -1.64. The lowest BCUT2D eigenvalue weighted by Gasteiger charge is -2.39. The van der Waals surface area contributed by atoms with Crippen LogP contribution in [0.3, 0.4) is 0 Å². The number of piperazine rings is 1. The van der Waals surface area contributed by atoms with Gasteiger partial charge in [0.05, 0.1) is 4.34 Å². The van der Waals surface area contributed by atoms with Gasteiger partial charge < -0.3 is 10.2 Å². The van der Waals surface area contributed by atoms with E-state index in [1.165, 1.54) is 4.88 Å². The van der Waals surface area contributed by atoms with Crippen molar-refractivity contribution in [2.24, 2.45) is 5.92 Å². The van der Waals surface area contributed by atoms with Crippen LogP contribution in [0.1, 0.15) is 30.6 Å².